The molecule has 1 aliphatic heterocycles. The van der Waals surface area contributed by atoms with Crippen molar-refractivity contribution in [1.29, 1.82) is 0 Å². The molecule has 4 amide bonds. The molecule has 37 heavy (non-hydrogen) atoms. The van der Waals surface area contributed by atoms with E-state index in [2.05, 4.69) is 10.6 Å². The number of hydrogen-bond acceptors (Lipinski definition) is 8. The number of aliphatic carboxylic acids is 2. The monoisotopic (exact) mass is 521 g/mol. The Bertz CT molecular complexity index is 1030. The van der Waals surface area contributed by atoms with Crippen LogP contribution >= 0.6 is 0 Å². The summed E-state index contributed by atoms with van der Waals surface area (Å²) >= 11 is 0. The predicted molar refractivity (Wildman–Crippen MR) is 127 cm³/mol. The zero-order valence-electron chi connectivity index (χ0n) is 20.0. The third-order valence-electron chi connectivity index (χ3n) is 5.86. The number of carbonyl (C=O) groups is 6. The van der Waals surface area contributed by atoms with Crippen LogP contribution in [-0.4, -0.2) is 86.5 Å². The number of phenols is 1. The van der Waals surface area contributed by atoms with Crippen molar-refractivity contribution in [2.75, 3.05) is 6.54 Å². The first kappa shape index (κ1) is 29.0. The molecular weight excluding hydrogens is 490 g/mol. The van der Waals surface area contributed by atoms with Gasteiger partial charge in [-0.25, -0.2) is 4.79 Å². The standard InChI is InChI=1S/C23H31N5O9/c24-14(7-8-18(25)30)20(33)26-15(10-12-3-5-13(29)6-4-12)22(35)28-9-1-2-17(28)21(34)27-16(23(36)37)11-19(31)32/h3-6,14-17,29H,1-2,7-11,24H2,(H2,25,30)(H,26,33)(H,27,34)(H,31,32)(H,36,37). The van der Waals surface area contributed by atoms with Crippen molar-refractivity contribution in [3.05, 3.63) is 29.8 Å². The predicted octanol–water partition coefficient (Wildman–Crippen LogP) is -1.95. The van der Waals surface area contributed by atoms with E-state index >= 15 is 0 Å². The number of nitrogens with zero attached hydrogens (tertiary/aromatic N) is 1. The molecule has 0 aromatic heterocycles. The summed E-state index contributed by atoms with van der Waals surface area (Å²) in [7, 11) is 0. The second kappa shape index (κ2) is 13.2. The van der Waals surface area contributed by atoms with E-state index in [1.54, 1.807) is 12.1 Å². The number of amides is 4. The van der Waals surface area contributed by atoms with Gasteiger partial charge in [0, 0.05) is 19.4 Å². The second-order valence-corrected chi connectivity index (χ2v) is 8.73. The molecule has 9 N–H and O–H groups in total. The number of benzene rings is 1. The van der Waals surface area contributed by atoms with Gasteiger partial charge in [0.15, 0.2) is 0 Å². The van der Waals surface area contributed by atoms with Crippen LogP contribution in [0.2, 0.25) is 0 Å². The summed E-state index contributed by atoms with van der Waals surface area (Å²) in [6.07, 6.45) is -0.427. The number of primary amides is 1. The zero-order chi connectivity index (χ0) is 27.7. The highest BCUT2D eigenvalue weighted by molar-refractivity contribution is 5.95. The highest BCUT2D eigenvalue weighted by atomic mass is 16.4. The van der Waals surface area contributed by atoms with Crippen LogP contribution in [0.4, 0.5) is 0 Å². The van der Waals surface area contributed by atoms with Crippen LogP contribution in [0, 0.1) is 0 Å². The summed E-state index contributed by atoms with van der Waals surface area (Å²) < 4.78 is 0. The normalized spacial score (nSPS) is 17.3. The lowest BCUT2D eigenvalue weighted by atomic mass is 10.0. The molecule has 4 unspecified atom stereocenters. The number of likely N-dealkylation sites (tertiary alicyclic amines) is 1. The van der Waals surface area contributed by atoms with E-state index in [-0.39, 0.29) is 38.0 Å². The Hall–Kier alpha value is -4.20. The van der Waals surface area contributed by atoms with E-state index in [1.165, 1.54) is 17.0 Å². The average molecular weight is 522 g/mol. The van der Waals surface area contributed by atoms with Gasteiger partial charge in [0.1, 0.15) is 23.9 Å². The first-order valence-corrected chi connectivity index (χ1v) is 11.6. The van der Waals surface area contributed by atoms with Crippen molar-refractivity contribution in [1.82, 2.24) is 15.5 Å². The van der Waals surface area contributed by atoms with Crippen LogP contribution < -0.4 is 22.1 Å². The summed E-state index contributed by atoms with van der Waals surface area (Å²) in [6.45, 7) is 0.142. The minimum Gasteiger partial charge on any atom is -0.508 e. The number of carboxylic acids is 2. The van der Waals surface area contributed by atoms with E-state index < -0.39 is 66.2 Å². The van der Waals surface area contributed by atoms with Crippen LogP contribution in [-0.2, 0) is 35.2 Å². The fourth-order valence-corrected chi connectivity index (χ4v) is 3.92. The highest BCUT2D eigenvalue weighted by Gasteiger charge is 2.39. The zero-order valence-corrected chi connectivity index (χ0v) is 20.0. The maximum absolute atomic E-state index is 13.5. The van der Waals surface area contributed by atoms with E-state index in [0.29, 0.717) is 12.0 Å². The van der Waals surface area contributed by atoms with Gasteiger partial charge in [-0.15, -0.1) is 0 Å². The van der Waals surface area contributed by atoms with Crippen LogP contribution in [0.25, 0.3) is 0 Å². The molecule has 1 saturated heterocycles. The molecule has 1 aliphatic rings. The topological polar surface area (TPSA) is 242 Å². The molecule has 0 spiro atoms. The summed E-state index contributed by atoms with van der Waals surface area (Å²) in [5.74, 6) is -5.78. The van der Waals surface area contributed by atoms with Crippen molar-refractivity contribution in [2.24, 2.45) is 11.5 Å². The van der Waals surface area contributed by atoms with Crippen LogP contribution in [0.5, 0.6) is 5.75 Å². The molecule has 0 aliphatic carbocycles. The van der Waals surface area contributed by atoms with Gasteiger partial charge in [0.05, 0.1) is 12.5 Å². The Kier molecular flexibility index (Phi) is 10.4. The number of rotatable bonds is 13. The first-order valence-electron chi connectivity index (χ1n) is 11.6. The van der Waals surface area contributed by atoms with E-state index in [1.807, 2.05) is 0 Å². The molecule has 0 bridgehead atoms. The molecular formula is C23H31N5O9. The summed E-state index contributed by atoms with van der Waals surface area (Å²) in [5.41, 5.74) is 11.5. The second-order valence-electron chi connectivity index (χ2n) is 8.73. The molecule has 1 aromatic rings. The maximum atomic E-state index is 13.5. The summed E-state index contributed by atoms with van der Waals surface area (Å²) in [6, 6.07) is 0.824. The van der Waals surface area contributed by atoms with Gasteiger partial charge in [-0.2, -0.15) is 0 Å². The summed E-state index contributed by atoms with van der Waals surface area (Å²) in [5, 5.41) is 32.4. The van der Waals surface area contributed by atoms with Gasteiger partial charge in [-0.1, -0.05) is 12.1 Å². The van der Waals surface area contributed by atoms with E-state index in [9.17, 15) is 39.0 Å². The molecule has 14 heteroatoms. The van der Waals surface area contributed by atoms with Crippen LogP contribution in [0.3, 0.4) is 0 Å². The maximum Gasteiger partial charge on any atom is 0.326 e. The Morgan fingerprint density at radius 2 is 1.68 bits per heavy atom. The highest BCUT2D eigenvalue weighted by Crippen LogP contribution is 2.21. The SMILES string of the molecule is NC(=O)CCC(N)C(=O)NC(Cc1ccc(O)cc1)C(=O)N1CCCC1C(=O)NC(CC(=O)O)C(=O)O. The Labute approximate surface area is 212 Å². The number of hydrogen-bond donors (Lipinski definition) is 7. The fourth-order valence-electron chi connectivity index (χ4n) is 3.92. The van der Waals surface area contributed by atoms with Crippen molar-refractivity contribution in [2.45, 2.75) is 62.7 Å². The fraction of sp³-hybridized carbons (Fsp3) is 0.478. The number of carbonyl (C=O) groups excluding carboxylic acids is 4. The number of nitrogens with one attached hydrogen (secondary N) is 2. The molecule has 1 aromatic carbocycles. The lowest BCUT2D eigenvalue weighted by molar-refractivity contribution is -0.148. The van der Waals surface area contributed by atoms with Gasteiger partial charge in [-0.05, 0) is 37.0 Å². The van der Waals surface area contributed by atoms with Gasteiger partial charge in [-0.3, -0.25) is 24.0 Å². The third kappa shape index (κ3) is 8.75. The molecule has 0 radical (unpaired) electrons. The van der Waals surface area contributed by atoms with Crippen LogP contribution in [0.15, 0.2) is 24.3 Å². The first-order chi connectivity index (χ1) is 17.4. The largest absolute Gasteiger partial charge is 0.508 e. The number of nitrogens with two attached hydrogens (primary N) is 2. The molecule has 0 saturated carbocycles. The van der Waals surface area contributed by atoms with Gasteiger partial charge < -0.3 is 42.3 Å². The minimum atomic E-state index is -1.68. The van der Waals surface area contributed by atoms with Crippen molar-refractivity contribution >= 4 is 35.6 Å². The van der Waals surface area contributed by atoms with Crippen molar-refractivity contribution in [3.8, 4) is 5.75 Å². The minimum absolute atomic E-state index is 0.00485. The van der Waals surface area contributed by atoms with Gasteiger partial charge in [0.2, 0.25) is 23.6 Å². The molecule has 1 heterocycles. The Morgan fingerprint density at radius 1 is 1.03 bits per heavy atom. The average Bonchev–Trinajstić information content (AvgIpc) is 3.32. The van der Waals surface area contributed by atoms with Gasteiger partial charge >= 0.3 is 11.9 Å². The number of aromatic hydroxyl groups is 1. The van der Waals surface area contributed by atoms with Gasteiger partial charge in [0.25, 0.3) is 0 Å². The smallest absolute Gasteiger partial charge is 0.326 e. The summed E-state index contributed by atoms with van der Waals surface area (Å²) in [4.78, 5) is 73.5. The molecule has 202 valence electrons. The van der Waals surface area contributed by atoms with Crippen molar-refractivity contribution < 1.29 is 44.1 Å². The quantitative estimate of drug-likeness (QED) is 0.151. The molecule has 1 fully saturated rings. The van der Waals surface area contributed by atoms with Crippen LogP contribution in [0.1, 0.15) is 37.7 Å². The Balaban J connectivity index is 2.22. The number of carboxylic acid groups (broad SMARTS) is 2. The third-order valence-corrected chi connectivity index (χ3v) is 5.86. The van der Waals surface area contributed by atoms with Crippen molar-refractivity contribution in [3.63, 3.8) is 0 Å². The lowest BCUT2D eigenvalue weighted by Crippen LogP contribution is -2.57. The van der Waals surface area contributed by atoms with E-state index in [0.717, 1.165) is 0 Å². The number of phenolic OH excluding ortho intramolecular Hbond substituents is 1. The molecule has 14 nitrogen and oxygen atoms in total. The van der Waals surface area contributed by atoms with E-state index in [4.69, 9.17) is 16.6 Å². The Morgan fingerprint density at radius 3 is 2.24 bits per heavy atom. The molecule has 2 rings (SSSR count). The lowest BCUT2D eigenvalue weighted by Gasteiger charge is -2.30. The molecule has 4 atom stereocenters.